The lowest BCUT2D eigenvalue weighted by Crippen LogP contribution is -2.34. The summed E-state index contributed by atoms with van der Waals surface area (Å²) in [5.41, 5.74) is 1.70. The van der Waals surface area contributed by atoms with Gasteiger partial charge in [-0.05, 0) is 25.2 Å². The van der Waals surface area contributed by atoms with Crippen LogP contribution in [0, 0.1) is 5.92 Å². The predicted molar refractivity (Wildman–Crippen MR) is 85.7 cm³/mol. The molecule has 0 atom stereocenters. The molecule has 114 valence electrons. The molecule has 0 aliphatic carbocycles. The van der Waals surface area contributed by atoms with Crippen molar-refractivity contribution in [3.8, 4) is 0 Å². The van der Waals surface area contributed by atoms with E-state index in [1.54, 1.807) is 6.33 Å². The van der Waals surface area contributed by atoms with E-state index in [4.69, 9.17) is 4.98 Å². The summed E-state index contributed by atoms with van der Waals surface area (Å²) in [6.45, 7) is 7.43. The predicted octanol–water partition coefficient (Wildman–Crippen LogP) is 2.80. The molecule has 6 nitrogen and oxygen atoms in total. The van der Waals surface area contributed by atoms with Gasteiger partial charge in [0.2, 0.25) is 5.95 Å². The average molecular weight is 288 g/mol. The number of piperidine rings is 1. The first-order chi connectivity index (χ1) is 10.3. The Morgan fingerprint density at radius 2 is 2.10 bits per heavy atom. The Labute approximate surface area is 125 Å². The van der Waals surface area contributed by atoms with Crippen molar-refractivity contribution in [2.75, 3.05) is 29.9 Å². The molecule has 2 aromatic heterocycles. The van der Waals surface area contributed by atoms with Crippen molar-refractivity contribution in [3.05, 3.63) is 6.33 Å². The van der Waals surface area contributed by atoms with E-state index in [2.05, 4.69) is 39.0 Å². The molecule has 0 amide bonds. The van der Waals surface area contributed by atoms with Gasteiger partial charge in [-0.2, -0.15) is 9.97 Å². The highest BCUT2D eigenvalue weighted by Crippen LogP contribution is 2.28. The van der Waals surface area contributed by atoms with E-state index in [1.807, 2.05) is 0 Å². The molecule has 0 radical (unpaired) electrons. The van der Waals surface area contributed by atoms with Crippen molar-refractivity contribution in [3.63, 3.8) is 0 Å². The molecular formula is C15H24N6. The van der Waals surface area contributed by atoms with Gasteiger partial charge in [0.05, 0.1) is 6.33 Å². The van der Waals surface area contributed by atoms with Crippen LogP contribution in [-0.2, 0) is 0 Å². The minimum atomic E-state index is 0.684. The molecule has 3 heterocycles. The first-order valence-corrected chi connectivity index (χ1v) is 8.01. The molecular weight excluding hydrogens is 264 g/mol. The lowest BCUT2D eigenvalue weighted by atomic mass is 9.94. The smallest absolute Gasteiger partial charge is 0.226 e. The molecule has 0 unspecified atom stereocenters. The zero-order valence-corrected chi connectivity index (χ0v) is 12.9. The maximum Gasteiger partial charge on any atom is 0.226 e. The summed E-state index contributed by atoms with van der Waals surface area (Å²) in [5, 5.41) is 3.27. The summed E-state index contributed by atoms with van der Waals surface area (Å²) in [4.78, 5) is 19.0. The van der Waals surface area contributed by atoms with Gasteiger partial charge in [-0.15, -0.1) is 0 Å². The lowest BCUT2D eigenvalue weighted by Gasteiger charge is -2.32. The maximum atomic E-state index is 4.72. The van der Waals surface area contributed by atoms with E-state index in [1.165, 1.54) is 19.3 Å². The third-order valence-electron chi connectivity index (χ3n) is 4.29. The van der Waals surface area contributed by atoms with E-state index in [0.29, 0.717) is 5.95 Å². The van der Waals surface area contributed by atoms with Crippen molar-refractivity contribution in [1.29, 1.82) is 0 Å². The average Bonchev–Trinajstić information content (AvgIpc) is 3.00. The van der Waals surface area contributed by atoms with Crippen LogP contribution in [0.15, 0.2) is 6.33 Å². The Bertz CT molecular complexity index is 585. The summed E-state index contributed by atoms with van der Waals surface area (Å²) >= 11 is 0. The molecule has 0 saturated carbocycles. The molecule has 2 N–H and O–H groups in total. The fourth-order valence-electron chi connectivity index (χ4n) is 2.92. The highest BCUT2D eigenvalue weighted by atomic mass is 15.3. The third-order valence-corrected chi connectivity index (χ3v) is 4.29. The first kappa shape index (κ1) is 14.1. The third kappa shape index (κ3) is 2.94. The number of hydrogen-bond donors (Lipinski definition) is 2. The van der Waals surface area contributed by atoms with Gasteiger partial charge in [0, 0.05) is 19.6 Å². The van der Waals surface area contributed by atoms with Gasteiger partial charge in [-0.1, -0.05) is 20.3 Å². The second-order valence-corrected chi connectivity index (χ2v) is 5.74. The molecule has 2 aromatic rings. The van der Waals surface area contributed by atoms with Gasteiger partial charge in [-0.3, -0.25) is 0 Å². The number of imidazole rings is 1. The van der Waals surface area contributed by atoms with Gasteiger partial charge in [-0.25, -0.2) is 4.98 Å². The zero-order chi connectivity index (χ0) is 14.7. The zero-order valence-electron chi connectivity index (χ0n) is 12.9. The molecule has 1 aliphatic heterocycles. The Balaban J connectivity index is 1.87. The number of anilines is 2. The van der Waals surface area contributed by atoms with Crippen LogP contribution >= 0.6 is 0 Å². The van der Waals surface area contributed by atoms with E-state index >= 15 is 0 Å². The number of hydrogen-bond acceptors (Lipinski definition) is 5. The van der Waals surface area contributed by atoms with Gasteiger partial charge < -0.3 is 15.2 Å². The Kier molecular flexibility index (Phi) is 4.22. The summed E-state index contributed by atoms with van der Waals surface area (Å²) < 4.78 is 0. The van der Waals surface area contributed by atoms with E-state index < -0.39 is 0 Å². The van der Waals surface area contributed by atoms with Crippen LogP contribution in [0.4, 0.5) is 11.8 Å². The quantitative estimate of drug-likeness (QED) is 0.885. The highest BCUT2D eigenvalue weighted by molar-refractivity contribution is 5.84. The topological polar surface area (TPSA) is 69.7 Å². The van der Waals surface area contributed by atoms with Gasteiger partial charge in [0.1, 0.15) is 5.52 Å². The number of nitrogens with zero attached hydrogens (tertiary/aromatic N) is 4. The molecule has 0 aromatic carbocycles. The van der Waals surface area contributed by atoms with Crippen LogP contribution in [0.2, 0.25) is 0 Å². The van der Waals surface area contributed by atoms with E-state index in [9.17, 15) is 0 Å². The molecule has 3 rings (SSSR count). The van der Waals surface area contributed by atoms with Crippen molar-refractivity contribution >= 4 is 22.9 Å². The van der Waals surface area contributed by atoms with Crippen LogP contribution in [0.25, 0.3) is 11.2 Å². The van der Waals surface area contributed by atoms with Crippen LogP contribution in [-0.4, -0.2) is 39.6 Å². The summed E-state index contributed by atoms with van der Waals surface area (Å²) in [6, 6.07) is 0. The second-order valence-electron chi connectivity index (χ2n) is 5.74. The SMILES string of the molecule is CCCNc1nc(N2CCC(CC)CC2)c2[nH]cnc2n1. The van der Waals surface area contributed by atoms with Crippen molar-refractivity contribution in [2.45, 2.75) is 39.5 Å². The number of aromatic amines is 1. The minimum Gasteiger partial charge on any atom is -0.355 e. The Hall–Kier alpha value is -1.85. The van der Waals surface area contributed by atoms with Crippen molar-refractivity contribution < 1.29 is 0 Å². The fourth-order valence-corrected chi connectivity index (χ4v) is 2.92. The number of nitrogens with one attached hydrogen (secondary N) is 2. The summed E-state index contributed by atoms with van der Waals surface area (Å²) in [5.74, 6) is 2.53. The monoisotopic (exact) mass is 288 g/mol. The first-order valence-electron chi connectivity index (χ1n) is 8.01. The molecule has 6 heteroatoms. The van der Waals surface area contributed by atoms with E-state index in [-0.39, 0.29) is 0 Å². The van der Waals surface area contributed by atoms with Crippen molar-refractivity contribution in [1.82, 2.24) is 19.9 Å². The normalized spacial score (nSPS) is 16.6. The van der Waals surface area contributed by atoms with Gasteiger partial charge >= 0.3 is 0 Å². The van der Waals surface area contributed by atoms with Crippen LogP contribution < -0.4 is 10.2 Å². The molecule has 1 aliphatic rings. The maximum absolute atomic E-state index is 4.72. The number of aromatic nitrogens is 4. The molecule has 0 bridgehead atoms. The van der Waals surface area contributed by atoms with E-state index in [0.717, 1.165) is 49.0 Å². The summed E-state index contributed by atoms with van der Waals surface area (Å²) in [7, 11) is 0. The Morgan fingerprint density at radius 3 is 2.81 bits per heavy atom. The fraction of sp³-hybridized carbons (Fsp3) is 0.667. The molecule has 0 spiro atoms. The van der Waals surface area contributed by atoms with Gasteiger partial charge in [0.15, 0.2) is 11.5 Å². The minimum absolute atomic E-state index is 0.684. The number of H-pyrrole nitrogens is 1. The standard InChI is InChI=1S/C15H24N6/c1-3-7-16-15-19-13-12(17-10-18-13)14(20-15)21-8-5-11(4-2)6-9-21/h10-11H,3-9H2,1-2H3,(H2,16,17,18,19,20). The van der Waals surface area contributed by atoms with Crippen LogP contribution in [0.3, 0.4) is 0 Å². The lowest BCUT2D eigenvalue weighted by molar-refractivity contribution is 0.394. The number of fused-ring (bicyclic) bond motifs is 1. The molecule has 1 saturated heterocycles. The van der Waals surface area contributed by atoms with Crippen LogP contribution in [0.5, 0.6) is 0 Å². The van der Waals surface area contributed by atoms with Gasteiger partial charge in [0.25, 0.3) is 0 Å². The van der Waals surface area contributed by atoms with Crippen molar-refractivity contribution in [2.24, 2.45) is 5.92 Å². The highest BCUT2D eigenvalue weighted by Gasteiger charge is 2.22. The molecule has 21 heavy (non-hydrogen) atoms. The van der Waals surface area contributed by atoms with Crippen LogP contribution in [0.1, 0.15) is 39.5 Å². The molecule has 1 fully saturated rings. The summed E-state index contributed by atoms with van der Waals surface area (Å²) in [6.07, 6.45) is 6.52. The Morgan fingerprint density at radius 1 is 1.29 bits per heavy atom. The largest absolute Gasteiger partial charge is 0.355 e. The number of rotatable bonds is 5. The second kappa shape index (κ2) is 6.28.